The molecule has 7 heteroatoms. The summed E-state index contributed by atoms with van der Waals surface area (Å²) in [5, 5.41) is 5.62. The van der Waals surface area contributed by atoms with Crippen LogP contribution in [0.25, 0.3) is 11.0 Å². The minimum absolute atomic E-state index is 0.0565. The number of ether oxygens (including phenoxy) is 1. The first-order valence-corrected chi connectivity index (χ1v) is 9.22. The van der Waals surface area contributed by atoms with Crippen LogP contribution in [0, 0.1) is 5.92 Å². The third-order valence-electron chi connectivity index (χ3n) is 4.74. The molecule has 2 atom stereocenters. The normalized spacial score (nSPS) is 13.0. The molecular weight excluding hydrogens is 356 g/mol. The number of fused-ring (bicyclic) bond motifs is 1. The zero-order valence-electron chi connectivity index (χ0n) is 16.2. The number of nitrogens with one attached hydrogen (secondary N) is 3. The first-order valence-electron chi connectivity index (χ1n) is 9.22. The third kappa shape index (κ3) is 4.31. The molecule has 2 amide bonds. The van der Waals surface area contributed by atoms with Crippen LogP contribution in [-0.2, 0) is 4.79 Å². The molecule has 146 valence electrons. The van der Waals surface area contributed by atoms with Crippen molar-refractivity contribution in [3.63, 3.8) is 0 Å². The Morgan fingerprint density at radius 1 is 1.18 bits per heavy atom. The van der Waals surface area contributed by atoms with Crippen molar-refractivity contribution in [1.82, 2.24) is 15.3 Å². The molecule has 0 aliphatic carbocycles. The van der Waals surface area contributed by atoms with Gasteiger partial charge in [0.1, 0.15) is 11.8 Å². The number of carbonyl (C=O) groups is 2. The number of hydrogen-bond acceptors (Lipinski definition) is 4. The van der Waals surface area contributed by atoms with Gasteiger partial charge in [0.15, 0.2) is 0 Å². The maximum Gasteiger partial charge on any atom is 0.252 e. The fourth-order valence-electron chi connectivity index (χ4n) is 2.90. The van der Waals surface area contributed by atoms with Gasteiger partial charge in [-0.15, -0.1) is 0 Å². The Morgan fingerprint density at radius 2 is 1.96 bits per heavy atom. The van der Waals surface area contributed by atoms with Crippen LogP contribution in [-0.4, -0.2) is 34.9 Å². The molecule has 0 spiro atoms. The van der Waals surface area contributed by atoms with E-state index in [9.17, 15) is 9.59 Å². The smallest absolute Gasteiger partial charge is 0.252 e. The number of benzene rings is 2. The molecule has 0 fully saturated rings. The van der Waals surface area contributed by atoms with Crippen LogP contribution in [0.4, 0.5) is 5.95 Å². The van der Waals surface area contributed by atoms with E-state index in [1.54, 1.807) is 31.4 Å². The van der Waals surface area contributed by atoms with Crippen molar-refractivity contribution in [1.29, 1.82) is 0 Å². The van der Waals surface area contributed by atoms with Gasteiger partial charge in [-0.05, 0) is 36.2 Å². The number of rotatable bonds is 7. The molecule has 0 saturated carbocycles. The van der Waals surface area contributed by atoms with E-state index < -0.39 is 6.04 Å². The highest BCUT2D eigenvalue weighted by atomic mass is 16.5. The van der Waals surface area contributed by atoms with E-state index in [1.807, 2.05) is 38.1 Å². The van der Waals surface area contributed by atoms with Crippen LogP contribution in [0.1, 0.15) is 30.6 Å². The van der Waals surface area contributed by atoms with Gasteiger partial charge in [0, 0.05) is 5.56 Å². The second kappa shape index (κ2) is 8.56. The van der Waals surface area contributed by atoms with Crippen LogP contribution < -0.4 is 15.4 Å². The standard InChI is InChI=1S/C21H24N4O3/c1-4-13(2)18(24-19(26)14-8-7-9-15(12-14)28-3)20(27)25-21-22-16-10-5-6-11-17(16)23-21/h5-13,18H,4H2,1-3H3,(H,24,26)(H2,22,23,25,27)/t13-,18-/m0/s1. The molecule has 0 aliphatic heterocycles. The van der Waals surface area contributed by atoms with Gasteiger partial charge in [0.2, 0.25) is 11.9 Å². The average molecular weight is 380 g/mol. The van der Waals surface area contributed by atoms with Crippen molar-refractivity contribution in [2.75, 3.05) is 12.4 Å². The molecule has 7 nitrogen and oxygen atoms in total. The average Bonchev–Trinajstić information content (AvgIpc) is 3.13. The van der Waals surface area contributed by atoms with E-state index in [2.05, 4.69) is 20.6 Å². The maximum absolute atomic E-state index is 12.9. The monoisotopic (exact) mass is 380 g/mol. The van der Waals surface area contributed by atoms with E-state index in [4.69, 9.17) is 4.74 Å². The van der Waals surface area contributed by atoms with Gasteiger partial charge >= 0.3 is 0 Å². The number of para-hydroxylation sites is 2. The summed E-state index contributed by atoms with van der Waals surface area (Å²) in [6, 6.07) is 13.6. The number of anilines is 1. The number of nitrogens with zero attached hydrogens (tertiary/aromatic N) is 1. The Kier molecular flexibility index (Phi) is 5.93. The van der Waals surface area contributed by atoms with E-state index in [-0.39, 0.29) is 17.7 Å². The minimum atomic E-state index is -0.697. The molecule has 3 aromatic rings. The van der Waals surface area contributed by atoms with Crippen molar-refractivity contribution in [2.24, 2.45) is 5.92 Å². The lowest BCUT2D eigenvalue weighted by atomic mass is 9.98. The Balaban J connectivity index is 1.76. The number of H-pyrrole nitrogens is 1. The predicted octanol–water partition coefficient (Wildman–Crippen LogP) is 3.35. The molecule has 3 rings (SSSR count). The van der Waals surface area contributed by atoms with E-state index >= 15 is 0 Å². The van der Waals surface area contributed by atoms with Crippen molar-refractivity contribution < 1.29 is 14.3 Å². The van der Waals surface area contributed by atoms with Gasteiger partial charge in [0.25, 0.3) is 5.91 Å². The molecule has 0 bridgehead atoms. The highest BCUT2D eigenvalue weighted by molar-refractivity contribution is 6.01. The first-order chi connectivity index (χ1) is 13.5. The quantitative estimate of drug-likeness (QED) is 0.586. The SMILES string of the molecule is CC[C@H](C)[C@H](NC(=O)c1cccc(OC)c1)C(=O)Nc1nc2ccccc2[nH]1. The molecule has 1 aromatic heterocycles. The molecule has 0 saturated heterocycles. The fourth-order valence-corrected chi connectivity index (χ4v) is 2.90. The lowest BCUT2D eigenvalue weighted by Gasteiger charge is -2.23. The van der Waals surface area contributed by atoms with Crippen molar-refractivity contribution in [3.05, 3.63) is 54.1 Å². The van der Waals surface area contributed by atoms with Crippen molar-refractivity contribution >= 4 is 28.8 Å². The highest BCUT2D eigenvalue weighted by Crippen LogP contribution is 2.17. The van der Waals surface area contributed by atoms with Crippen molar-refractivity contribution in [3.8, 4) is 5.75 Å². The van der Waals surface area contributed by atoms with Crippen LogP contribution in [0.15, 0.2) is 48.5 Å². The van der Waals surface area contributed by atoms with Gasteiger partial charge < -0.3 is 15.0 Å². The minimum Gasteiger partial charge on any atom is -0.497 e. The largest absolute Gasteiger partial charge is 0.497 e. The molecule has 0 aliphatic rings. The van der Waals surface area contributed by atoms with E-state index in [0.29, 0.717) is 17.3 Å². The third-order valence-corrected chi connectivity index (χ3v) is 4.74. The number of amides is 2. The molecule has 3 N–H and O–H groups in total. The zero-order chi connectivity index (χ0) is 20.1. The molecule has 28 heavy (non-hydrogen) atoms. The molecule has 1 heterocycles. The highest BCUT2D eigenvalue weighted by Gasteiger charge is 2.27. The molecular formula is C21H24N4O3. The summed E-state index contributed by atoms with van der Waals surface area (Å²) in [6.45, 7) is 3.90. The lowest BCUT2D eigenvalue weighted by molar-refractivity contribution is -0.119. The summed E-state index contributed by atoms with van der Waals surface area (Å²) < 4.78 is 5.16. The second-order valence-electron chi connectivity index (χ2n) is 6.66. The predicted molar refractivity (Wildman–Crippen MR) is 108 cm³/mol. The van der Waals surface area contributed by atoms with Crippen LogP contribution in [0.5, 0.6) is 5.75 Å². The van der Waals surface area contributed by atoms with Gasteiger partial charge in [-0.25, -0.2) is 4.98 Å². The van der Waals surface area contributed by atoms with Gasteiger partial charge in [-0.1, -0.05) is 38.5 Å². The summed E-state index contributed by atoms with van der Waals surface area (Å²) >= 11 is 0. The molecule has 2 aromatic carbocycles. The maximum atomic E-state index is 12.9. The number of aromatic nitrogens is 2. The second-order valence-corrected chi connectivity index (χ2v) is 6.66. The van der Waals surface area contributed by atoms with Gasteiger partial charge in [-0.3, -0.25) is 14.9 Å². The number of hydrogen-bond donors (Lipinski definition) is 3. The number of carbonyl (C=O) groups excluding carboxylic acids is 2. The summed E-state index contributed by atoms with van der Waals surface area (Å²) in [4.78, 5) is 33.0. The number of imidazole rings is 1. The van der Waals surface area contributed by atoms with Gasteiger partial charge in [0.05, 0.1) is 18.1 Å². The number of methoxy groups -OCH3 is 1. The van der Waals surface area contributed by atoms with E-state index in [0.717, 1.165) is 17.5 Å². The summed E-state index contributed by atoms with van der Waals surface area (Å²) in [5.41, 5.74) is 2.03. The Hall–Kier alpha value is -3.35. The first kappa shape index (κ1) is 19.4. The van der Waals surface area contributed by atoms with Gasteiger partial charge in [-0.2, -0.15) is 0 Å². The lowest BCUT2D eigenvalue weighted by Crippen LogP contribution is -2.47. The summed E-state index contributed by atoms with van der Waals surface area (Å²) in [5.74, 6) is 0.238. The Bertz CT molecular complexity index is 949. The van der Waals surface area contributed by atoms with Crippen LogP contribution in [0.2, 0.25) is 0 Å². The van der Waals surface area contributed by atoms with Crippen LogP contribution >= 0.6 is 0 Å². The summed E-state index contributed by atoms with van der Waals surface area (Å²) in [7, 11) is 1.54. The fraction of sp³-hybridized carbons (Fsp3) is 0.286. The summed E-state index contributed by atoms with van der Waals surface area (Å²) in [6.07, 6.45) is 0.733. The zero-order valence-corrected chi connectivity index (χ0v) is 16.2. The Labute approximate surface area is 163 Å². The van der Waals surface area contributed by atoms with Crippen molar-refractivity contribution in [2.45, 2.75) is 26.3 Å². The molecule has 0 unspecified atom stereocenters. The topological polar surface area (TPSA) is 96.1 Å². The number of aromatic amines is 1. The Morgan fingerprint density at radius 3 is 2.68 bits per heavy atom. The van der Waals surface area contributed by atoms with Crippen LogP contribution in [0.3, 0.4) is 0 Å². The molecule has 0 radical (unpaired) electrons. The van der Waals surface area contributed by atoms with E-state index in [1.165, 1.54) is 0 Å².